The number of para-hydroxylation sites is 1. The molecule has 1 N–H and O–H groups in total. The monoisotopic (exact) mass is 321 g/mol. The molecule has 4 heteroatoms. The SMILES string of the molecule is CCC(NC1COc2ccccc21)c1ccc(Cl)c(Cl)c1. The van der Waals surface area contributed by atoms with Gasteiger partial charge in [0, 0.05) is 11.6 Å². The number of ether oxygens (including phenoxy) is 1. The molecule has 3 rings (SSSR count). The summed E-state index contributed by atoms with van der Waals surface area (Å²) in [4.78, 5) is 0. The van der Waals surface area contributed by atoms with Gasteiger partial charge in [-0.15, -0.1) is 0 Å². The van der Waals surface area contributed by atoms with Gasteiger partial charge in [-0.2, -0.15) is 0 Å². The molecule has 0 radical (unpaired) electrons. The van der Waals surface area contributed by atoms with Crippen molar-refractivity contribution in [3.63, 3.8) is 0 Å². The molecule has 1 aliphatic heterocycles. The van der Waals surface area contributed by atoms with Gasteiger partial charge in [0.15, 0.2) is 0 Å². The summed E-state index contributed by atoms with van der Waals surface area (Å²) in [5, 5.41) is 4.84. The van der Waals surface area contributed by atoms with E-state index < -0.39 is 0 Å². The van der Waals surface area contributed by atoms with Crippen LogP contribution in [0.3, 0.4) is 0 Å². The Bertz CT molecular complexity index is 644. The van der Waals surface area contributed by atoms with Gasteiger partial charge < -0.3 is 10.1 Å². The Balaban J connectivity index is 1.81. The van der Waals surface area contributed by atoms with E-state index >= 15 is 0 Å². The second-order valence-corrected chi connectivity index (χ2v) is 6.02. The Labute approximate surface area is 135 Å². The molecule has 2 unspecified atom stereocenters. The lowest BCUT2D eigenvalue weighted by Gasteiger charge is -2.22. The second-order valence-electron chi connectivity index (χ2n) is 5.20. The van der Waals surface area contributed by atoms with Gasteiger partial charge in [0.25, 0.3) is 0 Å². The quantitative estimate of drug-likeness (QED) is 0.839. The standard InChI is InChI=1S/C17H17Cl2NO/c1-2-15(11-7-8-13(18)14(19)9-11)20-16-10-21-17-6-4-3-5-12(16)17/h3-9,15-16,20H,2,10H2,1H3. The lowest BCUT2D eigenvalue weighted by atomic mass is 10.0. The fourth-order valence-corrected chi connectivity index (χ4v) is 3.03. The molecule has 0 amide bonds. The lowest BCUT2D eigenvalue weighted by Crippen LogP contribution is -2.27. The Morgan fingerprint density at radius 1 is 1.19 bits per heavy atom. The molecule has 2 nitrogen and oxygen atoms in total. The maximum absolute atomic E-state index is 6.13. The summed E-state index contributed by atoms with van der Waals surface area (Å²) >= 11 is 12.1. The molecule has 0 saturated heterocycles. The molecule has 2 aromatic carbocycles. The molecule has 1 aliphatic rings. The van der Waals surface area contributed by atoms with Crippen LogP contribution in [0.5, 0.6) is 5.75 Å². The summed E-state index contributed by atoms with van der Waals surface area (Å²) in [5.74, 6) is 0.971. The minimum Gasteiger partial charge on any atom is -0.491 e. The van der Waals surface area contributed by atoms with Gasteiger partial charge in [-0.05, 0) is 30.2 Å². The first kappa shape index (κ1) is 14.7. The van der Waals surface area contributed by atoms with E-state index in [2.05, 4.69) is 18.3 Å². The molecule has 0 aromatic heterocycles. The van der Waals surface area contributed by atoms with Gasteiger partial charge in [0.05, 0.1) is 16.1 Å². The van der Waals surface area contributed by atoms with Gasteiger partial charge >= 0.3 is 0 Å². The Hall–Kier alpha value is -1.22. The lowest BCUT2D eigenvalue weighted by molar-refractivity contribution is 0.296. The minimum atomic E-state index is 0.209. The maximum atomic E-state index is 6.13. The van der Waals surface area contributed by atoms with E-state index in [0.717, 1.165) is 17.7 Å². The molecule has 0 saturated carbocycles. The maximum Gasteiger partial charge on any atom is 0.124 e. The van der Waals surface area contributed by atoms with Gasteiger partial charge in [-0.25, -0.2) is 0 Å². The Morgan fingerprint density at radius 3 is 2.76 bits per heavy atom. The van der Waals surface area contributed by atoms with Crippen molar-refractivity contribution in [2.45, 2.75) is 25.4 Å². The van der Waals surface area contributed by atoms with E-state index in [0.29, 0.717) is 16.7 Å². The minimum absolute atomic E-state index is 0.209. The van der Waals surface area contributed by atoms with Crippen LogP contribution in [-0.4, -0.2) is 6.61 Å². The normalized spacial score (nSPS) is 18.1. The first-order valence-electron chi connectivity index (χ1n) is 7.11. The van der Waals surface area contributed by atoms with Gasteiger partial charge in [0.1, 0.15) is 12.4 Å². The fraction of sp³-hybridized carbons (Fsp3) is 0.294. The van der Waals surface area contributed by atoms with Gasteiger partial charge in [-0.3, -0.25) is 0 Å². The number of rotatable bonds is 4. The zero-order chi connectivity index (χ0) is 14.8. The van der Waals surface area contributed by atoms with Crippen molar-refractivity contribution >= 4 is 23.2 Å². The van der Waals surface area contributed by atoms with Crippen LogP contribution in [0.1, 0.15) is 36.6 Å². The molecule has 0 spiro atoms. The van der Waals surface area contributed by atoms with Crippen LogP contribution in [0, 0.1) is 0 Å². The molecule has 110 valence electrons. The molecule has 0 aliphatic carbocycles. The number of benzene rings is 2. The van der Waals surface area contributed by atoms with Crippen molar-refractivity contribution in [3.05, 3.63) is 63.6 Å². The summed E-state index contributed by atoms with van der Waals surface area (Å²) in [6.07, 6.45) is 0.969. The first-order valence-corrected chi connectivity index (χ1v) is 7.87. The van der Waals surface area contributed by atoms with E-state index in [9.17, 15) is 0 Å². The first-order chi connectivity index (χ1) is 10.2. The molecule has 1 heterocycles. The van der Waals surface area contributed by atoms with E-state index in [1.165, 1.54) is 5.56 Å². The fourth-order valence-electron chi connectivity index (χ4n) is 2.72. The zero-order valence-corrected chi connectivity index (χ0v) is 13.3. The largest absolute Gasteiger partial charge is 0.491 e. The Morgan fingerprint density at radius 2 is 2.00 bits per heavy atom. The van der Waals surface area contributed by atoms with Crippen LogP contribution in [0.4, 0.5) is 0 Å². The average molecular weight is 322 g/mol. The third-order valence-electron chi connectivity index (χ3n) is 3.86. The smallest absolute Gasteiger partial charge is 0.124 e. The van der Waals surface area contributed by atoms with Crippen LogP contribution in [0.15, 0.2) is 42.5 Å². The number of nitrogens with one attached hydrogen (secondary N) is 1. The summed E-state index contributed by atoms with van der Waals surface area (Å²) in [6.45, 7) is 2.82. The van der Waals surface area contributed by atoms with Gasteiger partial charge in [0.2, 0.25) is 0 Å². The third-order valence-corrected chi connectivity index (χ3v) is 4.60. The van der Waals surface area contributed by atoms with Crippen LogP contribution in [0.25, 0.3) is 0 Å². The van der Waals surface area contributed by atoms with Gasteiger partial charge in [-0.1, -0.05) is 54.4 Å². The van der Waals surface area contributed by atoms with E-state index in [4.69, 9.17) is 27.9 Å². The molecule has 21 heavy (non-hydrogen) atoms. The van der Waals surface area contributed by atoms with Crippen molar-refractivity contribution in [1.82, 2.24) is 5.32 Å². The number of halogens is 2. The summed E-state index contributed by atoms with van der Waals surface area (Å²) in [5.41, 5.74) is 2.37. The molecule has 2 atom stereocenters. The molecular weight excluding hydrogens is 305 g/mol. The highest BCUT2D eigenvalue weighted by atomic mass is 35.5. The van der Waals surface area contributed by atoms with E-state index in [1.807, 2.05) is 36.4 Å². The van der Waals surface area contributed by atoms with Crippen LogP contribution in [0.2, 0.25) is 10.0 Å². The van der Waals surface area contributed by atoms with Crippen molar-refractivity contribution in [2.75, 3.05) is 6.61 Å². The Kier molecular flexibility index (Phi) is 4.39. The second kappa shape index (κ2) is 6.27. The average Bonchev–Trinajstić information content (AvgIpc) is 2.91. The van der Waals surface area contributed by atoms with Crippen LogP contribution in [-0.2, 0) is 0 Å². The summed E-state index contributed by atoms with van der Waals surface area (Å²) < 4.78 is 5.73. The molecule has 2 aromatic rings. The summed E-state index contributed by atoms with van der Waals surface area (Å²) in [6, 6.07) is 14.4. The van der Waals surface area contributed by atoms with Crippen molar-refractivity contribution in [3.8, 4) is 5.75 Å². The van der Waals surface area contributed by atoms with Crippen LogP contribution >= 0.6 is 23.2 Å². The zero-order valence-electron chi connectivity index (χ0n) is 11.8. The predicted octanol–water partition coefficient (Wildman–Crippen LogP) is 5.17. The highest BCUT2D eigenvalue weighted by Crippen LogP contribution is 2.34. The topological polar surface area (TPSA) is 21.3 Å². The van der Waals surface area contributed by atoms with Crippen molar-refractivity contribution in [1.29, 1.82) is 0 Å². The highest BCUT2D eigenvalue weighted by Gasteiger charge is 2.26. The van der Waals surface area contributed by atoms with Crippen molar-refractivity contribution in [2.24, 2.45) is 0 Å². The van der Waals surface area contributed by atoms with E-state index in [-0.39, 0.29) is 12.1 Å². The molecule has 0 bridgehead atoms. The third kappa shape index (κ3) is 3.03. The summed E-state index contributed by atoms with van der Waals surface area (Å²) in [7, 11) is 0. The number of fused-ring (bicyclic) bond motifs is 1. The van der Waals surface area contributed by atoms with E-state index in [1.54, 1.807) is 0 Å². The number of hydrogen-bond donors (Lipinski definition) is 1. The molecular formula is C17H17Cl2NO. The van der Waals surface area contributed by atoms with Crippen molar-refractivity contribution < 1.29 is 4.74 Å². The molecule has 0 fully saturated rings. The number of hydrogen-bond acceptors (Lipinski definition) is 2. The highest BCUT2D eigenvalue weighted by molar-refractivity contribution is 6.42. The van der Waals surface area contributed by atoms with Crippen LogP contribution < -0.4 is 10.1 Å². The predicted molar refractivity (Wildman–Crippen MR) is 87.3 cm³/mol.